The number of ether oxygens (including phenoxy) is 1. The topological polar surface area (TPSA) is 53.1 Å². The molecular formula is C21H24ClN3O3. The second-order valence-corrected chi connectivity index (χ2v) is 7.27. The average molecular weight is 402 g/mol. The van der Waals surface area contributed by atoms with E-state index in [9.17, 15) is 9.59 Å². The Balaban J connectivity index is 1.64. The maximum absolute atomic E-state index is 13.0. The Hall–Kier alpha value is -2.73. The predicted octanol–water partition coefficient (Wildman–Crippen LogP) is 2.77. The van der Waals surface area contributed by atoms with Gasteiger partial charge in [0, 0.05) is 51.0 Å². The third-order valence-electron chi connectivity index (χ3n) is 4.71. The molecule has 1 fully saturated rings. The van der Waals surface area contributed by atoms with Crippen LogP contribution in [0, 0.1) is 0 Å². The molecule has 6 nitrogen and oxygen atoms in total. The Morgan fingerprint density at radius 3 is 2.43 bits per heavy atom. The first kappa shape index (κ1) is 20.0. The van der Waals surface area contributed by atoms with Crippen molar-refractivity contribution in [2.45, 2.75) is 0 Å². The van der Waals surface area contributed by atoms with Crippen molar-refractivity contribution in [3.05, 3.63) is 59.1 Å². The van der Waals surface area contributed by atoms with Gasteiger partial charge in [0.25, 0.3) is 11.8 Å². The van der Waals surface area contributed by atoms with Crippen LogP contribution in [0.3, 0.4) is 0 Å². The minimum atomic E-state index is -0.155. The third kappa shape index (κ3) is 4.75. The number of likely N-dealkylation sites (N-methyl/N-ethyl adjacent to an activating group) is 1. The van der Waals surface area contributed by atoms with E-state index in [2.05, 4.69) is 4.90 Å². The van der Waals surface area contributed by atoms with Crippen LogP contribution < -0.4 is 9.64 Å². The van der Waals surface area contributed by atoms with E-state index in [1.807, 2.05) is 29.2 Å². The van der Waals surface area contributed by atoms with Crippen molar-refractivity contribution >= 4 is 29.1 Å². The van der Waals surface area contributed by atoms with Crippen LogP contribution in [0.2, 0.25) is 5.02 Å². The lowest BCUT2D eigenvalue weighted by molar-refractivity contribution is -0.130. The molecular weight excluding hydrogens is 378 g/mol. The molecule has 1 heterocycles. The Labute approximate surface area is 170 Å². The van der Waals surface area contributed by atoms with Crippen LogP contribution in [-0.4, -0.2) is 68.5 Å². The first-order valence-corrected chi connectivity index (χ1v) is 9.55. The Kier molecular flexibility index (Phi) is 6.41. The maximum atomic E-state index is 13.0. The van der Waals surface area contributed by atoms with Gasteiger partial charge in [-0.05, 0) is 30.3 Å². The molecule has 1 aliphatic heterocycles. The largest absolute Gasteiger partial charge is 0.483 e. The van der Waals surface area contributed by atoms with Crippen molar-refractivity contribution in [1.29, 1.82) is 0 Å². The van der Waals surface area contributed by atoms with E-state index < -0.39 is 0 Å². The summed E-state index contributed by atoms with van der Waals surface area (Å²) >= 11 is 6.08. The summed E-state index contributed by atoms with van der Waals surface area (Å²) < 4.78 is 5.61. The molecule has 2 amide bonds. The van der Waals surface area contributed by atoms with Gasteiger partial charge in [0.15, 0.2) is 6.61 Å². The summed E-state index contributed by atoms with van der Waals surface area (Å²) in [5.74, 6) is 0.191. The van der Waals surface area contributed by atoms with Crippen molar-refractivity contribution in [3.63, 3.8) is 0 Å². The zero-order valence-corrected chi connectivity index (χ0v) is 16.9. The van der Waals surface area contributed by atoms with Gasteiger partial charge in [0.1, 0.15) is 5.75 Å². The van der Waals surface area contributed by atoms with Gasteiger partial charge in [-0.2, -0.15) is 0 Å². The molecule has 28 heavy (non-hydrogen) atoms. The van der Waals surface area contributed by atoms with Crippen LogP contribution in [0.1, 0.15) is 10.4 Å². The third-order valence-corrected chi connectivity index (χ3v) is 4.94. The molecule has 2 aromatic carbocycles. The Bertz CT molecular complexity index is 848. The van der Waals surface area contributed by atoms with Gasteiger partial charge in [-0.15, -0.1) is 0 Å². The highest BCUT2D eigenvalue weighted by Crippen LogP contribution is 2.23. The lowest BCUT2D eigenvalue weighted by atomic mass is 10.1. The SMILES string of the molecule is CN(C)C(=O)COc1ccccc1C(=O)N1CCN(c2cccc(Cl)c2)CC1. The van der Waals surface area contributed by atoms with Crippen molar-refractivity contribution in [1.82, 2.24) is 9.80 Å². The summed E-state index contributed by atoms with van der Waals surface area (Å²) in [4.78, 5) is 30.3. The standard InChI is InChI=1S/C21H24ClN3O3/c1-23(2)20(26)15-28-19-9-4-3-8-18(19)21(27)25-12-10-24(11-13-25)17-7-5-6-16(22)14-17/h3-9,14H,10-13,15H2,1-2H3. The van der Waals surface area contributed by atoms with Gasteiger partial charge in [-0.25, -0.2) is 0 Å². The highest BCUT2D eigenvalue weighted by molar-refractivity contribution is 6.30. The summed E-state index contributed by atoms with van der Waals surface area (Å²) in [6, 6.07) is 14.8. The summed E-state index contributed by atoms with van der Waals surface area (Å²) in [5.41, 5.74) is 1.54. The molecule has 0 aliphatic carbocycles. The average Bonchev–Trinajstić information content (AvgIpc) is 2.71. The molecule has 1 aliphatic rings. The molecule has 0 saturated carbocycles. The maximum Gasteiger partial charge on any atom is 0.259 e. The quantitative estimate of drug-likeness (QED) is 0.773. The molecule has 0 radical (unpaired) electrons. The van der Waals surface area contributed by atoms with E-state index in [1.54, 1.807) is 38.4 Å². The van der Waals surface area contributed by atoms with Crippen LogP contribution in [0.25, 0.3) is 0 Å². The lowest BCUT2D eigenvalue weighted by Crippen LogP contribution is -2.48. The summed E-state index contributed by atoms with van der Waals surface area (Å²) in [6.07, 6.45) is 0. The molecule has 7 heteroatoms. The van der Waals surface area contributed by atoms with Crippen LogP contribution in [0.5, 0.6) is 5.75 Å². The molecule has 0 unspecified atom stereocenters. The van der Waals surface area contributed by atoms with Gasteiger partial charge in [-0.1, -0.05) is 29.8 Å². The number of benzene rings is 2. The zero-order valence-electron chi connectivity index (χ0n) is 16.1. The fourth-order valence-electron chi connectivity index (χ4n) is 3.05. The monoisotopic (exact) mass is 401 g/mol. The van der Waals surface area contributed by atoms with Crippen molar-refractivity contribution < 1.29 is 14.3 Å². The van der Waals surface area contributed by atoms with Gasteiger partial charge in [-0.3, -0.25) is 9.59 Å². The molecule has 0 aromatic heterocycles. The fourth-order valence-corrected chi connectivity index (χ4v) is 3.23. The second-order valence-electron chi connectivity index (χ2n) is 6.83. The molecule has 2 aromatic rings. The van der Waals surface area contributed by atoms with E-state index in [-0.39, 0.29) is 18.4 Å². The predicted molar refractivity (Wildman–Crippen MR) is 110 cm³/mol. The number of carbonyl (C=O) groups is 2. The normalized spacial score (nSPS) is 14.0. The molecule has 0 spiro atoms. The highest BCUT2D eigenvalue weighted by Gasteiger charge is 2.24. The smallest absolute Gasteiger partial charge is 0.259 e. The van der Waals surface area contributed by atoms with Gasteiger partial charge >= 0.3 is 0 Å². The summed E-state index contributed by atoms with van der Waals surface area (Å²) in [5, 5.41) is 0.703. The number of carbonyl (C=O) groups excluding carboxylic acids is 2. The molecule has 0 atom stereocenters. The summed E-state index contributed by atoms with van der Waals surface area (Å²) in [6.45, 7) is 2.58. The fraction of sp³-hybridized carbons (Fsp3) is 0.333. The van der Waals surface area contributed by atoms with Gasteiger partial charge < -0.3 is 19.4 Å². The molecule has 0 N–H and O–H groups in total. The van der Waals surface area contributed by atoms with Gasteiger partial charge in [0.2, 0.25) is 0 Å². The highest BCUT2D eigenvalue weighted by atomic mass is 35.5. The second kappa shape index (κ2) is 8.97. The van der Waals surface area contributed by atoms with Crippen LogP contribution in [0.15, 0.2) is 48.5 Å². The Morgan fingerprint density at radius 2 is 1.75 bits per heavy atom. The van der Waals surface area contributed by atoms with Crippen molar-refractivity contribution in [2.24, 2.45) is 0 Å². The number of rotatable bonds is 5. The number of piperazine rings is 1. The van der Waals surface area contributed by atoms with Crippen LogP contribution >= 0.6 is 11.6 Å². The van der Waals surface area contributed by atoms with E-state index in [4.69, 9.17) is 16.3 Å². The molecule has 0 bridgehead atoms. The number of anilines is 1. The first-order valence-electron chi connectivity index (χ1n) is 9.17. The number of hydrogen-bond acceptors (Lipinski definition) is 4. The molecule has 148 valence electrons. The molecule has 1 saturated heterocycles. The molecule has 3 rings (SSSR count). The number of hydrogen-bond donors (Lipinski definition) is 0. The minimum absolute atomic E-state index is 0.0846. The number of amides is 2. The number of nitrogens with zero attached hydrogens (tertiary/aromatic N) is 3. The van der Waals surface area contributed by atoms with Crippen molar-refractivity contribution in [2.75, 3.05) is 51.8 Å². The lowest BCUT2D eigenvalue weighted by Gasteiger charge is -2.36. The number of halogens is 1. The van der Waals surface area contributed by atoms with Gasteiger partial charge in [0.05, 0.1) is 5.56 Å². The Morgan fingerprint density at radius 1 is 1.04 bits per heavy atom. The first-order chi connectivity index (χ1) is 13.5. The van der Waals surface area contributed by atoms with E-state index in [0.717, 1.165) is 18.8 Å². The zero-order chi connectivity index (χ0) is 20.1. The van der Waals surface area contributed by atoms with Crippen LogP contribution in [0.4, 0.5) is 5.69 Å². The van der Waals surface area contributed by atoms with E-state index in [1.165, 1.54) is 4.90 Å². The van der Waals surface area contributed by atoms with Crippen molar-refractivity contribution in [3.8, 4) is 5.75 Å². The minimum Gasteiger partial charge on any atom is -0.483 e. The number of para-hydroxylation sites is 1. The van der Waals surface area contributed by atoms with E-state index >= 15 is 0 Å². The van der Waals surface area contributed by atoms with Crippen LogP contribution in [-0.2, 0) is 4.79 Å². The van der Waals surface area contributed by atoms with E-state index in [0.29, 0.717) is 29.4 Å². The summed E-state index contributed by atoms with van der Waals surface area (Å²) in [7, 11) is 3.34.